The van der Waals surface area contributed by atoms with E-state index in [2.05, 4.69) is 10.5 Å². The fraction of sp³-hybridized carbons (Fsp3) is 0.222. The Morgan fingerprint density at radius 1 is 1.24 bits per heavy atom. The predicted molar refractivity (Wildman–Crippen MR) is 114 cm³/mol. The van der Waals surface area contributed by atoms with Crippen LogP contribution in [0.15, 0.2) is 41.5 Å². The smallest absolute Gasteiger partial charge is 0.260 e. The van der Waals surface area contributed by atoms with Crippen LogP contribution in [0, 0.1) is 0 Å². The van der Waals surface area contributed by atoms with Crippen LogP contribution in [0.5, 0.6) is 11.5 Å². The van der Waals surface area contributed by atoms with Gasteiger partial charge in [-0.2, -0.15) is 5.10 Å². The molecule has 0 fully saturated rings. The number of phenolic OH excluding ortho intramolecular Hbond substituents is 1. The molecule has 0 aliphatic carbocycles. The number of benzene rings is 2. The molecule has 0 bridgehead atoms. The van der Waals surface area contributed by atoms with E-state index in [-0.39, 0.29) is 27.2 Å². The number of aromatic hydroxyl groups is 1. The quantitative estimate of drug-likeness (QED) is 0.465. The normalized spacial score (nSPS) is 11.4. The number of carbonyl (C=O) groups excluding carboxylic acids is 1. The van der Waals surface area contributed by atoms with Gasteiger partial charge < -0.3 is 9.84 Å². The Morgan fingerprint density at radius 2 is 1.97 bits per heavy atom. The van der Waals surface area contributed by atoms with Gasteiger partial charge in [0.05, 0.1) is 34.8 Å². The summed E-state index contributed by atoms with van der Waals surface area (Å²) in [6, 6.07) is 8.79. The molecule has 2 rings (SSSR count). The molecule has 2 aromatic carbocycles. The molecular formula is C18H19Cl2N3O5S. The summed E-state index contributed by atoms with van der Waals surface area (Å²) in [5, 5.41) is 13.9. The van der Waals surface area contributed by atoms with E-state index < -0.39 is 22.5 Å². The molecule has 0 saturated heterocycles. The lowest BCUT2D eigenvalue weighted by Gasteiger charge is -2.21. The van der Waals surface area contributed by atoms with Gasteiger partial charge in [0.15, 0.2) is 11.5 Å². The second kappa shape index (κ2) is 9.82. The van der Waals surface area contributed by atoms with Crippen molar-refractivity contribution < 1.29 is 23.1 Å². The van der Waals surface area contributed by atoms with E-state index >= 15 is 0 Å². The number of nitrogens with one attached hydrogen (secondary N) is 1. The van der Waals surface area contributed by atoms with Crippen LogP contribution in [-0.4, -0.2) is 45.1 Å². The first-order chi connectivity index (χ1) is 13.6. The van der Waals surface area contributed by atoms with Crippen molar-refractivity contribution in [1.82, 2.24) is 5.43 Å². The number of rotatable bonds is 8. The second-order valence-electron chi connectivity index (χ2n) is 5.82. The minimum Gasteiger partial charge on any atom is -0.504 e. The van der Waals surface area contributed by atoms with Gasteiger partial charge in [-0.05, 0) is 48.9 Å². The zero-order valence-electron chi connectivity index (χ0n) is 15.6. The Labute approximate surface area is 178 Å². The summed E-state index contributed by atoms with van der Waals surface area (Å²) >= 11 is 11.8. The number of sulfonamides is 1. The van der Waals surface area contributed by atoms with Crippen LogP contribution in [0.1, 0.15) is 12.5 Å². The van der Waals surface area contributed by atoms with Crippen molar-refractivity contribution in [2.24, 2.45) is 5.10 Å². The first-order valence-electron chi connectivity index (χ1n) is 8.32. The van der Waals surface area contributed by atoms with Gasteiger partial charge in [0.25, 0.3) is 5.91 Å². The number of hydrogen-bond donors (Lipinski definition) is 2. The number of carbonyl (C=O) groups is 1. The number of anilines is 1. The van der Waals surface area contributed by atoms with Crippen molar-refractivity contribution in [3.63, 3.8) is 0 Å². The molecule has 0 unspecified atom stereocenters. The standard InChI is InChI=1S/C18H19Cl2N3O5S/c1-3-28-17-8-12(4-7-16(17)24)10-21-22-18(25)11-23(29(2,26)27)13-5-6-14(19)15(20)9-13/h4-10,24H,3,11H2,1-2H3,(H,22,25)/b21-10-. The van der Waals surface area contributed by atoms with E-state index in [4.69, 9.17) is 27.9 Å². The topological polar surface area (TPSA) is 108 Å². The SMILES string of the molecule is CCOc1cc(/C=N\NC(=O)CN(c2ccc(Cl)c(Cl)c2)S(C)(=O)=O)ccc1O. The number of hydrazone groups is 1. The molecule has 0 spiro atoms. The third-order valence-corrected chi connectivity index (χ3v) is 5.44. The maximum atomic E-state index is 12.2. The van der Waals surface area contributed by atoms with Gasteiger partial charge in [-0.25, -0.2) is 13.8 Å². The van der Waals surface area contributed by atoms with E-state index in [1.54, 1.807) is 19.1 Å². The summed E-state index contributed by atoms with van der Waals surface area (Å²) in [6.45, 7) is 1.65. The maximum Gasteiger partial charge on any atom is 0.260 e. The lowest BCUT2D eigenvalue weighted by atomic mass is 10.2. The zero-order chi connectivity index (χ0) is 21.6. The van der Waals surface area contributed by atoms with Gasteiger partial charge in [0, 0.05) is 0 Å². The lowest BCUT2D eigenvalue weighted by molar-refractivity contribution is -0.119. The first-order valence-corrected chi connectivity index (χ1v) is 10.9. The van der Waals surface area contributed by atoms with Crippen molar-refractivity contribution in [1.29, 1.82) is 0 Å². The Hall–Kier alpha value is -2.49. The molecule has 0 atom stereocenters. The van der Waals surface area contributed by atoms with Crippen molar-refractivity contribution in [2.75, 3.05) is 23.7 Å². The van der Waals surface area contributed by atoms with Crippen molar-refractivity contribution in [2.45, 2.75) is 6.92 Å². The van der Waals surface area contributed by atoms with Gasteiger partial charge in [0.1, 0.15) is 6.54 Å². The van der Waals surface area contributed by atoms with E-state index in [0.29, 0.717) is 12.2 Å². The number of hydrogen-bond acceptors (Lipinski definition) is 6. The molecule has 11 heteroatoms. The Balaban J connectivity index is 2.10. The Kier molecular flexibility index (Phi) is 7.72. The number of halogens is 2. The molecule has 0 aliphatic heterocycles. The highest BCUT2D eigenvalue weighted by molar-refractivity contribution is 7.92. The molecule has 0 aliphatic rings. The highest BCUT2D eigenvalue weighted by atomic mass is 35.5. The van der Waals surface area contributed by atoms with Crippen LogP contribution >= 0.6 is 23.2 Å². The van der Waals surface area contributed by atoms with Gasteiger partial charge in [-0.1, -0.05) is 23.2 Å². The molecule has 2 N–H and O–H groups in total. The fourth-order valence-electron chi connectivity index (χ4n) is 2.27. The molecule has 0 heterocycles. The Morgan fingerprint density at radius 3 is 2.59 bits per heavy atom. The average Bonchev–Trinajstić information content (AvgIpc) is 2.64. The monoisotopic (exact) mass is 459 g/mol. The number of amides is 1. The van der Waals surface area contributed by atoms with Crippen LogP contribution in [0.2, 0.25) is 10.0 Å². The van der Waals surface area contributed by atoms with E-state index in [1.807, 2.05) is 0 Å². The molecule has 1 amide bonds. The second-order valence-corrected chi connectivity index (χ2v) is 8.54. The molecule has 156 valence electrons. The van der Waals surface area contributed by atoms with Crippen LogP contribution in [0.3, 0.4) is 0 Å². The highest BCUT2D eigenvalue weighted by Gasteiger charge is 2.21. The first kappa shape index (κ1) is 22.8. The zero-order valence-corrected chi connectivity index (χ0v) is 17.9. The third kappa shape index (κ3) is 6.52. The fourth-order valence-corrected chi connectivity index (χ4v) is 3.41. The van der Waals surface area contributed by atoms with E-state index in [1.165, 1.54) is 30.5 Å². The minimum absolute atomic E-state index is 0.0153. The van der Waals surface area contributed by atoms with Crippen LogP contribution in [-0.2, 0) is 14.8 Å². The summed E-state index contributed by atoms with van der Waals surface area (Å²) in [5.74, 6) is -0.398. The molecule has 2 aromatic rings. The lowest BCUT2D eigenvalue weighted by Crippen LogP contribution is -2.39. The maximum absolute atomic E-state index is 12.2. The van der Waals surface area contributed by atoms with E-state index in [0.717, 1.165) is 10.6 Å². The van der Waals surface area contributed by atoms with Gasteiger partial charge in [0.2, 0.25) is 10.0 Å². The molecule has 0 saturated carbocycles. The summed E-state index contributed by atoms with van der Waals surface area (Å²) in [4.78, 5) is 12.2. The van der Waals surface area contributed by atoms with Gasteiger partial charge >= 0.3 is 0 Å². The molecular weight excluding hydrogens is 441 g/mol. The largest absolute Gasteiger partial charge is 0.504 e. The van der Waals surface area contributed by atoms with Crippen LogP contribution < -0.4 is 14.5 Å². The van der Waals surface area contributed by atoms with Gasteiger partial charge in [-0.15, -0.1) is 0 Å². The van der Waals surface area contributed by atoms with Crippen molar-refractivity contribution >= 4 is 51.0 Å². The highest BCUT2D eigenvalue weighted by Crippen LogP contribution is 2.28. The summed E-state index contributed by atoms with van der Waals surface area (Å²) < 4.78 is 30.3. The molecule has 0 radical (unpaired) electrons. The minimum atomic E-state index is -3.76. The van der Waals surface area contributed by atoms with Crippen molar-refractivity contribution in [3.8, 4) is 11.5 Å². The predicted octanol–water partition coefficient (Wildman–Crippen LogP) is 3.01. The summed E-state index contributed by atoms with van der Waals surface area (Å²) in [6.07, 6.45) is 2.31. The third-order valence-electron chi connectivity index (χ3n) is 3.57. The summed E-state index contributed by atoms with van der Waals surface area (Å²) in [5.41, 5.74) is 3.02. The van der Waals surface area contributed by atoms with Gasteiger partial charge in [-0.3, -0.25) is 9.10 Å². The summed E-state index contributed by atoms with van der Waals surface area (Å²) in [7, 11) is -3.76. The number of phenols is 1. The van der Waals surface area contributed by atoms with Crippen molar-refractivity contribution in [3.05, 3.63) is 52.0 Å². The number of nitrogens with zero attached hydrogens (tertiary/aromatic N) is 2. The molecule has 29 heavy (non-hydrogen) atoms. The Bertz CT molecular complexity index is 1030. The number of ether oxygens (including phenoxy) is 1. The van der Waals surface area contributed by atoms with Crippen LogP contribution in [0.4, 0.5) is 5.69 Å². The molecule has 0 aromatic heterocycles. The average molecular weight is 460 g/mol. The molecule has 8 nitrogen and oxygen atoms in total. The van der Waals surface area contributed by atoms with Crippen LogP contribution in [0.25, 0.3) is 0 Å². The van der Waals surface area contributed by atoms with E-state index in [9.17, 15) is 18.3 Å².